The second kappa shape index (κ2) is 6.28. The average Bonchev–Trinajstić information content (AvgIpc) is 2.41. The van der Waals surface area contributed by atoms with Crippen LogP contribution in [0.15, 0.2) is 18.2 Å². The van der Waals surface area contributed by atoms with Gasteiger partial charge in [0.25, 0.3) is 5.69 Å². The largest absolute Gasteiger partial charge is 0.328 e. The molecule has 0 spiro atoms. The monoisotopic (exact) mass is 281 g/mol. The Labute approximate surface area is 117 Å². The molecule has 0 amide bonds. The van der Waals surface area contributed by atoms with E-state index in [4.69, 9.17) is 5.73 Å². The number of piperidine rings is 1. The topological polar surface area (TPSA) is 72.4 Å². The highest BCUT2D eigenvalue weighted by molar-refractivity contribution is 5.34. The quantitative estimate of drug-likeness (QED) is 0.679. The van der Waals surface area contributed by atoms with E-state index in [-0.39, 0.29) is 11.7 Å². The fraction of sp³-hybridized carbons (Fsp3) is 0.571. The third kappa shape index (κ3) is 3.52. The second-order valence-electron chi connectivity index (χ2n) is 5.53. The number of halogens is 1. The smallest absolute Gasteiger partial charge is 0.272 e. The van der Waals surface area contributed by atoms with Crippen LogP contribution in [-0.2, 0) is 6.54 Å². The first-order valence-corrected chi connectivity index (χ1v) is 6.88. The van der Waals surface area contributed by atoms with E-state index in [0.717, 1.165) is 32.0 Å². The highest BCUT2D eigenvalue weighted by Gasteiger charge is 2.23. The van der Waals surface area contributed by atoms with Crippen molar-refractivity contribution in [3.63, 3.8) is 0 Å². The highest BCUT2D eigenvalue weighted by Crippen LogP contribution is 2.23. The molecular formula is C14H20FN3O2. The molecule has 1 saturated heterocycles. The molecule has 1 fully saturated rings. The average molecular weight is 281 g/mol. The van der Waals surface area contributed by atoms with Gasteiger partial charge in [-0.05, 0) is 38.3 Å². The summed E-state index contributed by atoms with van der Waals surface area (Å²) in [6.45, 7) is 4.25. The zero-order valence-electron chi connectivity index (χ0n) is 11.6. The summed E-state index contributed by atoms with van der Waals surface area (Å²) in [4.78, 5) is 12.2. The first-order valence-electron chi connectivity index (χ1n) is 6.88. The Morgan fingerprint density at radius 1 is 1.60 bits per heavy atom. The number of benzene rings is 1. The van der Waals surface area contributed by atoms with E-state index in [2.05, 4.69) is 4.90 Å². The standard InChI is InChI=1S/C14H20FN3O2/c1-10(16)11-3-2-6-17(8-11)9-12-4-5-13(18(19)20)7-14(12)15/h4-5,7,10-11H,2-3,6,8-9,16H2,1H3. The number of likely N-dealkylation sites (tertiary alicyclic amines) is 1. The van der Waals surface area contributed by atoms with Gasteiger partial charge in [0.1, 0.15) is 5.82 Å². The number of hydrogen-bond acceptors (Lipinski definition) is 4. The van der Waals surface area contributed by atoms with Crippen LogP contribution in [-0.4, -0.2) is 29.0 Å². The molecular weight excluding hydrogens is 261 g/mol. The van der Waals surface area contributed by atoms with Gasteiger partial charge in [0.05, 0.1) is 11.0 Å². The molecule has 0 bridgehead atoms. The first-order chi connectivity index (χ1) is 9.47. The molecule has 110 valence electrons. The van der Waals surface area contributed by atoms with Gasteiger partial charge in [0, 0.05) is 30.8 Å². The van der Waals surface area contributed by atoms with E-state index in [0.29, 0.717) is 18.0 Å². The lowest BCUT2D eigenvalue weighted by molar-refractivity contribution is -0.385. The Morgan fingerprint density at radius 2 is 2.35 bits per heavy atom. The van der Waals surface area contributed by atoms with Gasteiger partial charge < -0.3 is 5.73 Å². The molecule has 1 aliphatic heterocycles. The Kier molecular flexibility index (Phi) is 4.67. The fourth-order valence-corrected chi connectivity index (χ4v) is 2.68. The predicted octanol–water partition coefficient (Wildman–Crippen LogP) is 2.29. The highest BCUT2D eigenvalue weighted by atomic mass is 19.1. The third-order valence-electron chi connectivity index (χ3n) is 3.93. The minimum Gasteiger partial charge on any atom is -0.328 e. The lowest BCUT2D eigenvalue weighted by Gasteiger charge is -2.34. The number of nitrogens with two attached hydrogens (primary N) is 1. The summed E-state index contributed by atoms with van der Waals surface area (Å²) >= 11 is 0. The predicted molar refractivity (Wildman–Crippen MR) is 74.7 cm³/mol. The van der Waals surface area contributed by atoms with E-state index in [1.165, 1.54) is 12.1 Å². The summed E-state index contributed by atoms with van der Waals surface area (Å²) in [5.74, 6) is -0.0769. The lowest BCUT2D eigenvalue weighted by atomic mass is 9.92. The van der Waals surface area contributed by atoms with E-state index in [1.807, 2.05) is 6.92 Å². The van der Waals surface area contributed by atoms with Crippen LogP contribution in [0, 0.1) is 21.8 Å². The minimum absolute atomic E-state index is 0.138. The number of hydrogen-bond donors (Lipinski definition) is 1. The van der Waals surface area contributed by atoms with Crippen LogP contribution in [0.5, 0.6) is 0 Å². The number of nitrogens with zero attached hydrogens (tertiary/aromatic N) is 2. The van der Waals surface area contributed by atoms with Crippen molar-refractivity contribution in [2.75, 3.05) is 13.1 Å². The summed E-state index contributed by atoms with van der Waals surface area (Å²) in [6.07, 6.45) is 2.16. The van der Waals surface area contributed by atoms with E-state index in [1.54, 1.807) is 0 Å². The summed E-state index contributed by atoms with van der Waals surface area (Å²) in [5, 5.41) is 10.6. The molecule has 1 heterocycles. The Bertz CT molecular complexity index is 493. The molecule has 1 aromatic carbocycles. The zero-order valence-corrected chi connectivity index (χ0v) is 11.6. The molecule has 0 radical (unpaired) electrons. The Morgan fingerprint density at radius 3 is 2.95 bits per heavy atom. The van der Waals surface area contributed by atoms with E-state index < -0.39 is 10.7 Å². The van der Waals surface area contributed by atoms with Crippen LogP contribution in [0.3, 0.4) is 0 Å². The van der Waals surface area contributed by atoms with Gasteiger partial charge in [-0.25, -0.2) is 4.39 Å². The lowest BCUT2D eigenvalue weighted by Crippen LogP contribution is -2.42. The van der Waals surface area contributed by atoms with Crippen LogP contribution in [0.4, 0.5) is 10.1 Å². The van der Waals surface area contributed by atoms with Gasteiger partial charge >= 0.3 is 0 Å². The van der Waals surface area contributed by atoms with Gasteiger partial charge in [-0.3, -0.25) is 15.0 Å². The van der Waals surface area contributed by atoms with Crippen molar-refractivity contribution in [1.82, 2.24) is 4.90 Å². The summed E-state index contributed by atoms with van der Waals surface area (Å²) in [6, 6.07) is 3.98. The molecule has 0 aliphatic carbocycles. The molecule has 0 saturated carbocycles. The normalized spacial score (nSPS) is 21.6. The first kappa shape index (κ1) is 14.9. The van der Waals surface area contributed by atoms with Gasteiger partial charge in [-0.2, -0.15) is 0 Å². The molecule has 0 aromatic heterocycles. The van der Waals surface area contributed by atoms with Gasteiger partial charge in [-0.15, -0.1) is 0 Å². The maximum atomic E-state index is 13.9. The van der Waals surface area contributed by atoms with Gasteiger partial charge in [0.15, 0.2) is 0 Å². The van der Waals surface area contributed by atoms with Crippen LogP contribution in [0.25, 0.3) is 0 Å². The molecule has 1 aliphatic rings. The fourth-order valence-electron chi connectivity index (χ4n) is 2.68. The molecule has 2 rings (SSSR count). The van der Waals surface area contributed by atoms with Crippen molar-refractivity contribution < 1.29 is 9.31 Å². The number of rotatable bonds is 4. The molecule has 1 aromatic rings. The van der Waals surface area contributed by atoms with Crippen molar-refractivity contribution in [2.45, 2.75) is 32.4 Å². The van der Waals surface area contributed by atoms with Gasteiger partial charge in [0.2, 0.25) is 0 Å². The summed E-state index contributed by atoms with van der Waals surface area (Å²) in [7, 11) is 0. The zero-order chi connectivity index (χ0) is 14.7. The summed E-state index contributed by atoms with van der Waals surface area (Å²) in [5.41, 5.74) is 6.22. The summed E-state index contributed by atoms with van der Waals surface area (Å²) < 4.78 is 13.9. The van der Waals surface area contributed by atoms with Crippen molar-refractivity contribution in [3.05, 3.63) is 39.7 Å². The van der Waals surface area contributed by atoms with Crippen LogP contribution >= 0.6 is 0 Å². The van der Waals surface area contributed by atoms with Crippen LogP contribution in [0.1, 0.15) is 25.3 Å². The van der Waals surface area contributed by atoms with E-state index >= 15 is 0 Å². The van der Waals surface area contributed by atoms with Crippen LogP contribution < -0.4 is 5.73 Å². The molecule has 2 N–H and O–H groups in total. The van der Waals surface area contributed by atoms with Crippen molar-refractivity contribution >= 4 is 5.69 Å². The maximum absolute atomic E-state index is 13.9. The SMILES string of the molecule is CC(N)C1CCCN(Cc2ccc([N+](=O)[O-])cc2F)C1. The van der Waals surface area contributed by atoms with Crippen molar-refractivity contribution in [3.8, 4) is 0 Å². The number of nitro benzene ring substituents is 1. The third-order valence-corrected chi connectivity index (χ3v) is 3.93. The van der Waals surface area contributed by atoms with Crippen LogP contribution in [0.2, 0.25) is 0 Å². The van der Waals surface area contributed by atoms with E-state index in [9.17, 15) is 14.5 Å². The molecule has 2 unspecified atom stereocenters. The Hall–Kier alpha value is -1.53. The number of non-ortho nitro benzene ring substituents is 1. The number of nitro groups is 1. The molecule has 20 heavy (non-hydrogen) atoms. The van der Waals surface area contributed by atoms with Crippen molar-refractivity contribution in [2.24, 2.45) is 11.7 Å². The molecule has 2 atom stereocenters. The molecule has 6 heteroatoms. The molecule has 5 nitrogen and oxygen atoms in total. The Balaban J connectivity index is 2.04. The van der Waals surface area contributed by atoms with Crippen molar-refractivity contribution in [1.29, 1.82) is 0 Å². The minimum atomic E-state index is -0.583. The second-order valence-corrected chi connectivity index (χ2v) is 5.53. The van der Waals surface area contributed by atoms with Gasteiger partial charge in [-0.1, -0.05) is 0 Å². The maximum Gasteiger partial charge on any atom is 0.272 e.